The summed E-state index contributed by atoms with van der Waals surface area (Å²) >= 11 is 0. The minimum absolute atomic E-state index is 0.0379. The van der Waals surface area contributed by atoms with E-state index >= 15 is 0 Å². The predicted molar refractivity (Wildman–Crippen MR) is 153 cm³/mol. The molecule has 5 rings (SSSR count). The number of allylic oxidation sites excluding steroid dienone is 3. The number of aliphatic hydroxyl groups is 1. The van der Waals surface area contributed by atoms with Crippen molar-refractivity contribution in [3.63, 3.8) is 0 Å². The van der Waals surface area contributed by atoms with Gasteiger partial charge in [-0.15, -0.1) is 0 Å². The fraction of sp³-hybridized carbons (Fsp3) is 0.794. The van der Waals surface area contributed by atoms with Crippen LogP contribution >= 0.6 is 0 Å². The molecule has 0 amide bonds. The van der Waals surface area contributed by atoms with E-state index in [1.807, 2.05) is 13.0 Å². The average Bonchev–Trinajstić information content (AvgIpc) is 2.82. The van der Waals surface area contributed by atoms with E-state index < -0.39 is 17.4 Å². The molecule has 0 aromatic rings. The second kappa shape index (κ2) is 8.94. The molecule has 5 aliphatic carbocycles. The molecule has 0 aromatic carbocycles. The Bertz CT molecular complexity index is 1190. The molecule has 4 saturated carbocycles. The van der Waals surface area contributed by atoms with E-state index in [-0.39, 0.29) is 62.5 Å². The molecule has 0 bridgehead atoms. The van der Waals surface area contributed by atoms with Crippen molar-refractivity contribution in [2.24, 2.45) is 50.2 Å². The van der Waals surface area contributed by atoms with Gasteiger partial charge in [0.05, 0.1) is 17.3 Å². The maximum absolute atomic E-state index is 14.4. The zero-order valence-electron chi connectivity index (χ0n) is 25.9. The Morgan fingerprint density at radius 2 is 1.57 bits per heavy atom. The van der Waals surface area contributed by atoms with Crippen LogP contribution in [0.4, 0.5) is 0 Å². The lowest BCUT2D eigenvalue weighted by Crippen LogP contribution is -2.66. The number of carboxylic acid groups (broad SMARTS) is 1. The van der Waals surface area contributed by atoms with E-state index in [9.17, 15) is 24.6 Å². The van der Waals surface area contributed by atoms with Crippen LogP contribution in [-0.2, 0) is 19.1 Å². The lowest BCUT2D eigenvalue weighted by Gasteiger charge is -2.70. The summed E-state index contributed by atoms with van der Waals surface area (Å²) in [6.07, 6.45) is 10.5. The molecule has 6 heteroatoms. The van der Waals surface area contributed by atoms with Crippen LogP contribution in [0.25, 0.3) is 0 Å². The second-order valence-electron chi connectivity index (χ2n) is 16.1. The van der Waals surface area contributed by atoms with Crippen LogP contribution in [0.3, 0.4) is 0 Å². The highest BCUT2D eigenvalue weighted by molar-refractivity contribution is 5.95. The third kappa shape index (κ3) is 3.90. The molecule has 0 aliphatic heterocycles. The topological polar surface area (TPSA) is 101 Å². The summed E-state index contributed by atoms with van der Waals surface area (Å²) in [5.41, 5.74) is -0.400. The Hall–Kier alpha value is -2.11. The zero-order valence-corrected chi connectivity index (χ0v) is 25.9. The summed E-state index contributed by atoms with van der Waals surface area (Å²) in [6, 6.07) is 0. The van der Waals surface area contributed by atoms with Crippen LogP contribution in [0.15, 0.2) is 23.5 Å². The molecule has 6 nitrogen and oxygen atoms in total. The van der Waals surface area contributed by atoms with Gasteiger partial charge in [-0.2, -0.15) is 0 Å². The molecule has 4 fully saturated rings. The Balaban J connectivity index is 1.53. The predicted octanol–water partition coefficient (Wildman–Crippen LogP) is 7.43. The third-order valence-corrected chi connectivity index (χ3v) is 13.6. The van der Waals surface area contributed by atoms with Crippen molar-refractivity contribution in [1.29, 1.82) is 0 Å². The number of ketones is 1. The molecule has 0 heterocycles. The van der Waals surface area contributed by atoms with E-state index in [0.717, 1.165) is 44.6 Å². The first-order valence-electron chi connectivity index (χ1n) is 15.4. The lowest BCUT2D eigenvalue weighted by molar-refractivity contribution is -0.209. The van der Waals surface area contributed by atoms with Crippen LogP contribution < -0.4 is 0 Å². The quantitative estimate of drug-likeness (QED) is 0.214. The SMILES string of the molecule is C/C(O)=C/C(=O)O[C@H]1CC[C@@]2(C)C(CC[C@]3(C)[C@@H]2C(=O)C=C2[C@@H]4C[C@@](C)(C(=O)O)CC[C@]4(C)CC[C@]23C)C1(C)C. The fourth-order valence-electron chi connectivity index (χ4n) is 10.9. The van der Waals surface area contributed by atoms with Crippen LogP contribution in [0.1, 0.15) is 113 Å². The molecule has 0 spiro atoms. The van der Waals surface area contributed by atoms with Crippen molar-refractivity contribution >= 4 is 17.7 Å². The van der Waals surface area contributed by atoms with Gasteiger partial charge in [-0.05, 0) is 111 Å². The van der Waals surface area contributed by atoms with Crippen LogP contribution in [0.5, 0.6) is 0 Å². The number of esters is 1. The summed E-state index contributed by atoms with van der Waals surface area (Å²) in [7, 11) is 0. The number of carboxylic acids is 1. The smallest absolute Gasteiger partial charge is 0.334 e. The van der Waals surface area contributed by atoms with Gasteiger partial charge in [0.15, 0.2) is 5.78 Å². The van der Waals surface area contributed by atoms with Gasteiger partial charge in [0, 0.05) is 11.3 Å². The minimum atomic E-state index is -0.753. The molecule has 0 aromatic heterocycles. The molecule has 40 heavy (non-hydrogen) atoms. The molecular formula is C34H50O6. The summed E-state index contributed by atoms with van der Waals surface area (Å²) in [5, 5.41) is 19.7. The van der Waals surface area contributed by atoms with E-state index in [1.54, 1.807) is 0 Å². The summed E-state index contributed by atoms with van der Waals surface area (Å²) in [4.78, 5) is 39.2. The van der Waals surface area contributed by atoms with Gasteiger partial charge in [-0.25, -0.2) is 4.79 Å². The van der Waals surface area contributed by atoms with Crippen LogP contribution in [0, 0.1) is 50.2 Å². The maximum Gasteiger partial charge on any atom is 0.334 e. The Labute approximate surface area is 240 Å². The Morgan fingerprint density at radius 1 is 0.925 bits per heavy atom. The second-order valence-corrected chi connectivity index (χ2v) is 16.1. The molecule has 0 saturated heterocycles. The average molecular weight is 555 g/mol. The minimum Gasteiger partial charge on any atom is -0.512 e. The van der Waals surface area contributed by atoms with Crippen molar-refractivity contribution in [2.75, 3.05) is 0 Å². The monoisotopic (exact) mass is 554 g/mol. The first kappa shape index (κ1) is 29.4. The van der Waals surface area contributed by atoms with Crippen LogP contribution in [0.2, 0.25) is 0 Å². The molecule has 0 radical (unpaired) electrons. The number of carbonyl (C=O) groups excluding carboxylic acids is 2. The number of aliphatic hydroxyl groups excluding tert-OH is 1. The molecule has 5 aliphatic rings. The number of hydrogen-bond donors (Lipinski definition) is 2. The summed E-state index contributed by atoms with van der Waals surface area (Å²) in [6.45, 7) is 17.1. The van der Waals surface area contributed by atoms with Gasteiger partial charge in [0.2, 0.25) is 0 Å². The lowest BCUT2D eigenvalue weighted by atomic mass is 9.33. The fourth-order valence-corrected chi connectivity index (χ4v) is 10.9. The normalized spacial score (nSPS) is 48.0. The largest absolute Gasteiger partial charge is 0.512 e. The van der Waals surface area contributed by atoms with E-state index in [4.69, 9.17) is 4.74 Å². The maximum atomic E-state index is 14.4. The van der Waals surface area contributed by atoms with Crippen molar-refractivity contribution in [3.8, 4) is 0 Å². The highest BCUT2D eigenvalue weighted by atomic mass is 16.5. The van der Waals surface area contributed by atoms with Gasteiger partial charge < -0.3 is 14.9 Å². The number of carbonyl (C=O) groups is 3. The Kier molecular flexibility index (Phi) is 6.57. The molecular weight excluding hydrogens is 504 g/mol. The first-order chi connectivity index (χ1) is 18.3. The molecule has 1 unspecified atom stereocenters. The van der Waals surface area contributed by atoms with Gasteiger partial charge in [0.25, 0.3) is 0 Å². The zero-order chi connectivity index (χ0) is 29.7. The van der Waals surface area contributed by atoms with Crippen molar-refractivity contribution < 1.29 is 29.3 Å². The number of fused-ring (bicyclic) bond motifs is 7. The van der Waals surface area contributed by atoms with E-state index in [2.05, 4.69) is 41.5 Å². The number of rotatable bonds is 3. The number of aliphatic carboxylic acids is 1. The van der Waals surface area contributed by atoms with Crippen molar-refractivity contribution in [3.05, 3.63) is 23.5 Å². The number of ether oxygens (including phenoxy) is 1. The van der Waals surface area contributed by atoms with Gasteiger partial charge in [-0.1, -0.05) is 47.1 Å². The van der Waals surface area contributed by atoms with Gasteiger partial charge >= 0.3 is 11.9 Å². The van der Waals surface area contributed by atoms with Crippen molar-refractivity contribution in [1.82, 2.24) is 0 Å². The summed E-state index contributed by atoms with van der Waals surface area (Å²) in [5.74, 6) is -0.868. The van der Waals surface area contributed by atoms with E-state index in [0.29, 0.717) is 19.3 Å². The van der Waals surface area contributed by atoms with Crippen molar-refractivity contribution in [2.45, 2.75) is 119 Å². The van der Waals surface area contributed by atoms with Crippen LogP contribution in [-0.4, -0.2) is 34.0 Å². The first-order valence-corrected chi connectivity index (χ1v) is 15.4. The molecule has 9 atom stereocenters. The number of hydrogen-bond acceptors (Lipinski definition) is 5. The van der Waals surface area contributed by atoms with Gasteiger partial charge in [-0.3, -0.25) is 9.59 Å². The third-order valence-electron chi connectivity index (χ3n) is 13.6. The molecule has 2 N–H and O–H groups in total. The van der Waals surface area contributed by atoms with E-state index in [1.165, 1.54) is 12.5 Å². The molecule has 222 valence electrons. The highest BCUT2D eigenvalue weighted by Gasteiger charge is 2.70. The Morgan fingerprint density at radius 3 is 2.20 bits per heavy atom. The summed E-state index contributed by atoms with van der Waals surface area (Å²) < 4.78 is 5.89. The standard InChI is InChI=1S/C34H50O6/c1-20(35)17-26(37)40-25-10-11-32(6)24(29(25,2)3)9-12-34(8)27(32)23(36)18-21-22-19-31(5,28(38)39)14-13-30(22,4)15-16-33(21,34)7/h17-18,22,24-25,27,35H,9-16,19H2,1-8H3,(H,38,39)/b20-17-/t22-,24?,25-,27+,30+,31-,32-,33+,34+/m0/s1. The highest BCUT2D eigenvalue weighted by Crippen LogP contribution is 2.75. The van der Waals surface area contributed by atoms with Gasteiger partial charge in [0.1, 0.15) is 6.10 Å².